The van der Waals surface area contributed by atoms with Crippen LogP contribution in [-0.2, 0) is 26.2 Å². The van der Waals surface area contributed by atoms with Gasteiger partial charge in [0.05, 0.1) is 19.1 Å². The van der Waals surface area contributed by atoms with Crippen molar-refractivity contribution in [2.45, 2.75) is 39.8 Å². The molecule has 9 heteroatoms. The summed E-state index contributed by atoms with van der Waals surface area (Å²) in [7, 11) is -0.870. The minimum atomic E-state index is -3.83. The standard InChI is InChI=1S/C24H33N3O5S/c1-7-20(24(29)25-4)26(15-19-11-8-17(2)9-12-19)23(28)16-27(33(6,30)31)21-14-18(3)10-13-22(21)32-5/h8-14,20H,7,15-16H2,1-6H3,(H,25,29)/t20-/m1/s1. The Labute approximate surface area is 196 Å². The van der Waals surface area contributed by atoms with Gasteiger partial charge >= 0.3 is 0 Å². The van der Waals surface area contributed by atoms with E-state index < -0.39 is 28.5 Å². The summed E-state index contributed by atoms with van der Waals surface area (Å²) in [5, 5.41) is 2.60. The summed E-state index contributed by atoms with van der Waals surface area (Å²) in [5.74, 6) is -0.459. The van der Waals surface area contributed by atoms with Gasteiger partial charge in [0.2, 0.25) is 21.8 Å². The maximum absolute atomic E-state index is 13.5. The molecule has 2 aromatic carbocycles. The van der Waals surface area contributed by atoms with Crippen LogP contribution in [0.3, 0.4) is 0 Å². The Balaban J connectivity index is 2.49. The quantitative estimate of drug-likeness (QED) is 0.570. The number of hydrogen-bond donors (Lipinski definition) is 1. The van der Waals surface area contributed by atoms with E-state index in [9.17, 15) is 18.0 Å². The van der Waals surface area contributed by atoms with Gasteiger partial charge < -0.3 is 15.0 Å². The van der Waals surface area contributed by atoms with Crippen LogP contribution in [0.4, 0.5) is 5.69 Å². The molecule has 0 radical (unpaired) electrons. The molecule has 2 rings (SSSR count). The van der Waals surface area contributed by atoms with Crippen molar-refractivity contribution in [3.05, 3.63) is 59.2 Å². The third-order valence-electron chi connectivity index (χ3n) is 5.39. The van der Waals surface area contributed by atoms with Crippen LogP contribution in [0.1, 0.15) is 30.0 Å². The van der Waals surface area contributed by atoms with Gasteiger partial charge in [0.1, 0.15) is 18.3 Å². The van der Waals surface area contributed by atoms with Gasteiger partial charge in [-0.1, -0.05) is 42.8 Å². The van der Waals surface area contributed by atoms with E-state index in [-0.39, 0.29) is 18.1 Å². The lowest BCUT2D eigenvalue weighted by Gasteiger charge is -2.33. The zero-order valence-electron chi connectivity index (χ0n) is 20.1. The van der Waals surface area contributed by atoms with E-state index >= 15 is 0 Å². The third kappa shape index (κ3) is 6.71. The van der Waals surface area contributed by atoms with Gasteiger partial charge in [-0.3, -0.25) is 13.9 Å². The molecule has 2 aromatic rings. The van der Waals surface area contributed by atoms with Crippen LogP contribution < -0.4 is 14.4 Å². The van der Waals surface area contributed by atoms with E-state index in [0.717, 1.165) is 27.3 Å². The first kappa shape index (κ1) is 26.2. The fraction of sp³-hybridized carbons (Fsp3) is 0.417. The third-order valence-corrected chi connectivity index (χ3v) is 6.51. The molecule has 0 saturated carbocycles. The lowest BCUT2D eigenvalue weighted by atomic mass is 10.1. The van der Waals surface area contributed by atoms with E-state index in [1.54, 1.807) is 18.2 Å². The number of amides is 2. The second-order valence-electron chi connectivity index (χ2n) is 7.99. The first-order valence-corrected chi connectivity index (χ1v) is 12.6. The van der Waals surface area contributed by atoms with Gasteiger partial charge in [0.25, 0.3) is 0 Å². The number of ether oxygens (including phenoxy) is 1. The van der Waals surface area contributed by atoms with Crippen LogP contribution in [-0.4, -0.2) is 58.1 Å². The Bertz CT molecular complexity index is 1080. The summed E-state index contributed by atoms with van der Waals surface area (Å²) >= 11 is 0. The SMILES string of the molecule is CC[C@H](C(=O)NC)N(Cc1ccc(C)cc1)C(=O)CN(c1cc(C)ccc1OC)S(C)(=O)=O. The monoisotopic (exact) mass is 475 g/mol. The zero-order valence-corrected chi connectivity index (χ0v) is 20.9. The average molecular weight is 476 g/mol. The van der Waals surface area contributed by atoms with Crippen LogP contribution >= 0.6 is 0 Å². The molecule has 0 spiro atoms. The first-order valence-electron chi connectivity index (χ1n) is 10.7. The molecule has 1 N–H and O–H groups in total. The van der Waals surface area contributed by atoms with E-state index in [0.29, 0.717) is 12.2 Å². The number of carbonyl (C=O) groups is 2. The minimum absolute atomic E-state index is 0.174. The molecule has 0 aromatic heterocycles. The number of carbonyl (C=O) groups excluding carboxylic acids is 2. The molecule has 0 aliphatic carbocycles. The highest BCUT2D eigenvalue weighted by molar-refractivity contribution is 7.92. The Kier molecular flexibility index (Phi) is 8.87. The van der Waals surface area contributed by atoms with Crippen LogP contribution in [0.5, 0.6) is 5.75 Å². The molecule has 180 valence electrons. The van der Waals surface area contributed by atoms with Crippen molar-refractivity contribution in [2.75, 3.05) is 31.3 Å². The van der Waals surface area contributed by atoms with E-state index in [2.05, 4.69) is 5.32 Å². The highest BCUT2D eigenvalue weighted by Gasteiger charge is 2.32. The predicted octanol–water partition coefficient (Wildman–Crippen LogP) is 2.63. The van der Waals surface area contributed by atoms with Crippen molar-refractivity contribution in [3.63, 3.8) is 0 Å². The molecule has 1 atom stereocenters. The molecule has 0 aliphatic heterocycles. The summed E-state index contributed by atoms with van der Waals surface area (Å²) in [6.45, 7) is 5.32. The van der Waals surface area contributed by atoms with Gasteiger partial charge in [-0.15, -0.1) is 0 Å². The van der Waals surface area contributed by atoms with Gasteiger partial charge in [0.15, 0.2) is 0 Å². The molecule has 0 heterocycles. The maximum Gasteiger partial charge on any atom is 0.244 e. The van der Waals surface area contributed by atoms with E-state index in [1.807, 2.05) is 45.0 Å². The summed E-state index contributed by atoms with van der Waals surface area (Å²) in [6, 6.07) is 12.0. The zero-order chi connectivity index (χ0) is 24.8. The smallest absolute Gasteiger partial charge is 0.244 e. The van der Waals surface area contributed by atoms with Crippen LogP contribution in [0.25, 0.3) is 0 Å². The van der Waals surface area contributed by atoms with Crippen molar-refractivity contribution in [3.8, 4) is 5.75 Å². The molecular formula is C24H33N3O5S. The van der Waals surface area contributed by atoms with Crippen molar-refractivity contribution < 1.29 is 22.7 Å². The molecule has 0 unspecified atom stereocenters. The minimum Gasteiger partial charge on any atom is -0.495 e. The molecule has 8 nitrogen and oxygen atoms in total. The Morgan fingerprint density at radius 1 is 1.06 bits per heavy atom. The second kappa shape index (κ2) is 11.2. The first-order chi connectivity index (χ1) is 15.5. The molecule has 33 heavy (non-hydrogen) atoms. The van der Waals surface area contributed by atoms with Crippen LogP contribution in [0, 0.1) is 13.8 Å². The maximum atomic E-state index is 13.5. The largest absolute Gasteiger partial charge is 0.495 e. The summed E-state index contributed by atoms with van der Waals surface area (Å²) in [4.78, 5) is 27.6. The second-order valence-corrected chi connectivity index (χ2v) is 9.90. The molecule has 0 fully saturated rings. The van der Waals surface area contributed by atoms with Crippen molar-refractivity contribution in [1.29, 1.82) is 0 Å². The molecule has 2 amide bonds. The summed E-state index contributed by atoms with van der Waals surface area (Å²) in [5.41, 5.74) is 3.01. The number of nitrogens with zero attached hydrogens (tertiary/aromatic N) is 2. The highest BCUT2D eigenvalue weighted by atomic mass is 32.2. The van der Waals surface area contributed by atoms with Crippen LogP contribution in [0.15, 0.2) is 42.5 Å². The molecular weight excluding hydrogens is 442 g/mol. The van der Waals surface area contributed by atoms with Gasteiger partial charge in [0, 0.05) is 13.6 Å². The number of sulfonamides is 1. The average Bonchev–Trinajstić information content (AvgIpc) is 2.77. The summed E-state index contributed by atoms with van der Waals surface area (Å²) < 4.78 is 31.8. The number of anilines is 1. The fourth-order valence-corrected chi connectivity index (χ4v) is 4.41. The van der Waals surface area contributed by atoms with E-state index in [4.69, 9.17) is 4.74 Å². The van der Waals surface area contributed by atoms with Gasteiger partial charge in [-0.25, -0.2) is 8.42 Å². The van der Waals surface area contributed by atoms with Crippen molar-refractivity contribution >= 4 is 27.5 Å². The number of hydrogen-bond acceptors (Lipinski definition) is 5. The lowest BCUT2D eigenvalue weighted by Crippen LogP contribution is -2.51. The Morgan fingerprint density at radius 3 is 2.18 bits per heavy atom. The number of methoxy groups -OCH3 is 1. The van der Waals surface area contributed by atoms with Crippen molar-refractivity contribution in [1.82, 2.24) is 10.2 Å². The normalized spacial score (nSPS) is 12.1. The Hall–Kier alpha value is -3.07. The number of aryl methyl sites for hydroxylation is 2. The topological polar surface area (TPSA) is 96.0 Å². The number of benzene rings is 2. The molecule has 0 aliphatic rings. The van der Waals surface area contributed by atoms with Gasteiger partial charge in [-0.2, -0.15) is 0 Å². The fourth-order valence-electron chi connectivity index (χ4n) is 3.57. The number of rotatable bonds is 10. The number of likely N-dealkylation sites (N-methyl/N-ethyl adjacent to an activating group) is 1. The Morgan fingerprint density at radius 2 is 1.67 bits per heavy atom. The molecule has 0 saturated heterocycles. The van der Waals surface area contributed by atoms with Crippen molar-refractivity contribution in [2.24, 2.45) is 0 Å². The summed E-state index contributed by atoms with van der Waals surface area (Å²) in [6.07, 6.45) is 1.42. The molecule has 0 bridgehead atoms. The van der Waals surface area contributed by atoms with Crippen LogP contribution in [0.2, 0.25) is 0 Å². The van der Waals surface area contributed by atoms with Gasteiger partial charge in [-0.05, 0) is 43.5 Å². The number of nitrogens with one attached hydrogen (secondary N) is 1. The highest BCUT2D eigenvalue weighted by Crippen LogP contribution is 2.31. The van der Waals surface area contributed by atoms with E-state index in [1.165, 1.54) is 19.1 Å². The lowest BCUT2D eigenvalue weighted by molar-refractivity contribution is -0.140. The predicted molar refractivity (Wildman–Crippen MR) is 130 cm³/mol.